The molecule has 4 aromatic carbocycles. The Hall–Kier alpha value is -3.39. The molecular formula is C33H32O2. The molecular weight excluding hydrogens is 428 g/mol. The van der Waals surface area contributed by atoms with Crippen molar-refractivity contribution in [2.75, 3.05) is 0 Å². The van der Waals surface area contributed by atoms with Gasteiger partial charge in [0.25, 0.3) is 0 Å². The monoisotopic (exact) mass is 460 g/mol. The molecule has 0 radical (unpaired) electrons. The van der Waals surface area contributed by atoms with Gasteiger partial charge >= 0.3 is 5.97 Å². The first-order valence-corrected chi connectivity index (χ1v) is 13.1. The molecule has 0 aromatic heterocycles. The highest BCUT2D eigenvalue weighted by Crippen LogP contribution is 2.29. The summed E-state index contributed by atoms with van der Waals surface area (Å²) >= 11 is 0. The van der Waals surface area contributed by atoms with Gasteiger partial charge in [-0.25, -0.2) is 0 Å². The SMILES string of the molecule is O=C(Oc1ccc2ccccc2c1)C1CCc2cc(CCc3ccc4c(c3)CCCC4)ccc2C1. The lowest BCUT2D eigenvalue weighted by atomic mass is 9.82. The van der Waals surface area contributed by atoms with Crippen LogP contribution < -0.4 is 4.74 Å². The Bertz CT molecular complexity index is 1380. The molecule has 0 saturated heterocycles. The average Bonchev–Trinajstić information content (AvgIpc) is 2.91. The maximum atomic E-state index is 12.9. The molecule has 0 bridgehead atoms. The van der Waals surface area contributed by atoms with Gasteiger partial charge in [0.15, 0.2) is 0 Å². The first-order chi connectivity index (χ1) is 17.2. The van der Waals surface area contributed by atoms with Crippen molar-refractivity contribution in [3.63, 3.8) is 0 Å². The largest absolute Gasteiger partial charge is 0.426 e. The Balaban J connectivity index is 1.08. The smallest absolute Gasteiger partial charge is 0.314 e. The van der Waals surface area contributed by atoms with E-state index >= 15 is 0 Å². The summed E-state index contributed by atoms with van der Waals surface area (Å²) in [5.74, 6) is 0.453. The molecule has 0 aliphatic heterocycles. The summed E-state index contributed by atoms with van der Waals surface area (Å²) in [6.45, 7) is 0. The van der Waals surface area contributed by atoms with Crippen molar-refractivity contribution in [3.8, 4) is 5.75 Å². The lowest BCUT2D eigenvalue weighted by molar-refractivity contribution is -0.139. The van der Waals surface area contributed by atoms with Crippen LogP contribution in [0.15, 0.2) is 78.9 Å². The van der Waals surface area contributed by atoms with E-state index in [2.05, 4.69) is 42.5 Å². The van der Waals surface area contributed by atoms with E-state index in [-0.39, 0.29) is 11.9 Å². The fourth-order valence-electron chi connectivity index (χ4n) is 5.83. The van der Waals surface area contributed by atoms with E-state index in [9.17, 15) is 4.79 Å². The standard InChI is InChI=1S/C33H32O2/c34-33(35-32-18-17-26-6-2-4-8-28(26)22-32)31-16-15-29-20-24(12-14-30(29)21-31)10-9-23-11-13-25-5-1-3-7-27(25)19-23/h2,4,6,8,11-14,17-20,22,31H,1,3,5,7,9-10,15-16,21H2. The fourth-order valence-corrected chi connectivity index (χ4v) is 5.83. The number of hydrogen-bond acceptors (Lipinski definition) is 2. The van der Waals surface area contributed by atoms with Crippen LogP contribution >= 0.6 is 0 Å². The van der Waals surface area contributed by atoms with Gasteiger partial charge in [0.05, 0.1) is 5.92 Å². The number of carbonyl (C=O) groups excluding carboxylic acids is 1. The van der Waals surface area contributed by atoms with E-state index in [1.165, 1.54) is 47.9 Å². The van der Waals surface area contributed by atoms with Gasteiger partial charge in [-0.3, -0.25) is 4.79 Å². The van der Waals surface area contributed by atoms with Crippen molar-refractivity contribution in [2.24, 2.45) is 5.92 Å². The van der Waals surface area contributed by atoms with Gasteiger partial charge in [-0.05, 0) is 114 Å². The number of ether oxygens (including phenoxy) is 1. The molecule has 1 unspecified atom stereocenters. The maximum Gasteiger partial charge on any atom is 0.314 e. The van der Waals surface area contributed by atoms with Gasteiger partial charge in [0.1, 0.15) is 5.75 Å². The van der Waals surface area contributed by atoms with Crippen LogP contribution in [0.25, 0.3) is 10.8 Å². The molecule has 0 N–H and O–H groups in total. The zero-order valence-electron chi connectivity index (χ0n) is 20.3. The molecule has 2 heteroatoms. The summed E-state index contributed by atoms with van der Waals surface area (Å²) in [7, 11) is 0. The zero-order chi connectivity index (χ0) is 23.6. The van der Waals surface area contributed by atoms with Gasteiger partial charge in [0, 0.05) is 0 Å². The van der Waals surface area contributed by atoms with E-state index < -0.39 is 0 Å². The molecule has 2 aliphatic carbocycles. The number of carbonyl (C=O) groups is 1. The minimum Gasteiger partial charge on any atom is -0.426 e. The van der Waals surface area contributed by atoms with Crippen LogP contribution in [0.3, 0.4) is 0 Å². The molecule has 0 fully saturated rings. The van der Waals surface area contributed by atoms with Crippen LogP contribution in [0.5, 0.6) is 5.75 Å². The quantitative estimate of drug-likeness (QED) is 0.232. The Labute approximate surface area is 208 Å². The van der Waals surface area contributed by atoms with Crippen LogP contribution in [0, 0.1) is 5.92 Å². The summed E-state index contributed by atoms with van der Waals surface area (Å²) in [5, 5.41) is 2.25. The second-order valence-corrected chi connectivity index (χ2v) is 10.3. The van der Waals surface area contributed by atoms with Crippen molar-refractivity contribution in [3.05, 3.63) is 112 Å². The van der Waals surface area contributed by atoms with Gasteiger partial charge < -0.3 is 4.74 Å². The van der Waals surface area contributed by atoms with Crippen molar-refractivity contribution < 1.29 is 9.53 Å². The molecule has 0 saturated carbocycles. The van der Waals surface area contributed by atoms with E-state index in [0.717, 1.165) is 42.9 Å². The van der Waals surface area contributed by atoms with Crippen molar-refractivity contribution in [2.45, 2.75) is 57.8 Å². The highest BCUT2D eigenvalue weighted by molar-refractivity contribution is 5.85. The minimum absolute atomic E-state index is 0.0738. The van der Waals surface area contributed by atoms with Crippen molar-refractivity contribution in [1.29, 1.82) is 0 Å². The van der Waals surface area contributed by atoms with E-state index in [4.69, 9.17) is 4.74 Å². The molecule has 4 aromatic rings. The molecule has 176 valence electrons. The Morgan fingerprint density at radius 2 is 1.37 bits per heavy atom. The third-order valence-electron chi connectivity index (χ3n) is 7.89. The second kappa shape index (κ2) is 9.70. The number of fused-ring (bicyclic) bond motifs is 3. The van der Waals surface area contributed by atoms with E-state index in [1.807, 2.05) is 36.4 Å². The van der Waals surface area contributed by atoms with Crippen molar-refractivity contribution in [1.82, 2.24) is 0 Å². The topological polar surface area (TPSA) is 26.3 Å². The molecule has 0 heterocycles. The summed E-state index contributed by atoms with van der Waals surface area (Å²) in [5.41, 5.74) is 8.69. The third kappa shape index (κ3) is 4.89. The summed E-state index contributed by atoms with van der Waals surface area (Å²) in [4.78, 5) is 12.9. The molecule has 1 atom stereocenters. The second-order valence-electron chi connectivity index (χ2n) is 10.3. The van der Waals surface area contributed by atoms with Crippen LogP contribution in [0.4, 0.5) is 0 Å². The average molecular weight is 461 g/mol. The molecule has 2 nitrogen and oxygen atoms in total. The lowest BCUT2D eigenvalue weighted by Gasteiger charge is -2.24. The summed E-state index contributed by atoms with van der Waals surface area (Å²) in [6, 6.07) is 28.0. The predicted molar refractivity (Wildman–Crippen MR) is 142 cm³/mol. The summed E-state index contributed by atoms with van der Waals surface area (Å²) in [6.07, 6.45) is 9.89. The molecule has 35 heavy (non-hydrogen) atoms. The first kappa shape index (κ1) is 22.1. The molecule has 2 aliphatic rings. The van der Waals surface area contributed by atoms with Gasteiger partial charge in [-0.15, -0.1) is 0 Å². The third-order valence-corrected chi connectivity index (χ3v) is 7.89. The summed E-state index contributed by atoms with van der Waals surface area (Å²) < 4.78 is 5.79. The number of hydrogen-bond donors (Lipinski definition) is 0. The fraction of sp³-hybridized carbons (Fsp3) is 0.303. The van der Waals surface area contributed by atoms with Gasteiger partial charge in [0.2, 0.25) is 0 Å². The maximum absolute atomic E-state index is 12.9. The number of rotatable bonds is 5. The van der Waals surface area contributed by atoms with Crippen LogP contribution in [-0.4, -0.2) is 5.97 Å². The van der Waals surface area contributed by atoms with Crippen molar-refractivity contribution >= 4 is 16.7 Å². The van der Waals surface area contributed by atoms with E-state index in [1.54, 1.807) is 11.1 Å². The molecule has 6 rings (SSSR count). The molecule has 0 spiro atoms. The lowest BCUT2D eigenvalue weighted by Crippen LogP contribution is -2.26. The first-order valence-electron chi connectivity index (χ1n) is 13.1. The van der Waals surface area contributed by atoms with Crippen LogP contribution in [0.2, 0.25) is 0 Å². The van der Waals surface area contributed by atoms with Gasteiger partial charge in [-0.1, -0.05) is 66.7 Å². The number of aryl methyl sites for hydroxylation is 5. The number of esters is 1. The Kier molecular flexibility index (Phi) is 6.12. The van der Waals surface area contributed by atoms with Gasteiger partial charge in [-0.2, -0.15) is 0 Å². The molecule has 0 amide bonds. The highest BCUT2D eigenvalue weighted by atomic mass is 16.5. The van der Waals surface area contributed by atoms with Crippen LogP contribution in [0.1, 0.15) is 52.6 Å². The Morgan fingerprint density at radius 1 is 0.686 bits per heavy atom. The van der Waals surface area contributed by atoms with E-state index in [0.29, 0.717) is 5.75 Å². The zero-order valence-corrected chi connectivity index (χ0v) is 20.3. The minimum atomic E-state index is -0.109. The predicted octanol–water partition coefficient (Wildman–Crippen LogP) is 7.21. The normalized spacial score (nSPS) is 17.0. The van der Waals surface area contributed by atoms with Crippen LogP contribution in [-0.2, 0) is 43.3 Å². The highest BCUT2D eigenvalue weighted by Gasteiger charge is 2.26. The Morgan fingerprint density at radius 3 is 2.17 bits per heavy atom. The number of benzene rings is 4.